The number of halogens is 4. The third kappa shape index (κ3) is 2.50. The molecule has 0 N–H and O–H groups in total. The van der Waals surface area contributed by atoms with Crippen LogP contribution in [-0.4, -0.2) is 15.1 Å². The van der Waals surface area contributed by atoms with Crippen LogP contribution in [0.1, 0.15) is 22.6 Å². The van der Waals surface area contributed by atoms with E-state index in [1.165, 1.54) is 0 Å². The third-order valence-corrected chi connectivity index (χ3v) is 2.57. The van der Waals surface area contributed by atoms with E-state index in [2.05, 4.69) is 20.9 Å². The molecule has 1 heterocycles. The van der Waals surface area contributed by atoms with Crippen LogP contribution in [0.3, 0.4) is 0 Å². The molecule has 0 saturated carbocycles. The van der Waals surface area contributed by atoms with E-state index in [1.54, 1.807) is 0 Å². The average molecular weight is 315 g/mol. The van der Waals surface area contributed by atoms with Crippen LogP contribution in [0.5, 0.6) is 0 Å². The number of nitrogens with zero attached hydrogens (tertiary/aromatic N) is 2. The van der Waals surface area contributed by atoms with E-state index in [0.717, 1.165) is 6.07 Å². The van der Waals surface area contributed by atoms with Gasteiger partial charge in [-0.05, 0) is 27.5 Å². The zero-order valence-electron chi connectivity index (χ0n) is 7.29. The lowest BCUT2D eigenvalue weighted by molar-refractivity contribution is -0.385. The Kier molecular flexibility index (Phi) is 3.87. The van der Waals surface area contributed by atoms with E-state index in [0.29, 0.717) is 0 Å². The molecule has 0 aliphatic rings. The molecule has 0 saturated heterocycles. The number of rotatable bonds is 3. The number of nitro groups is 1. The number of hydrogen-bond acceptors (Lipinski definition) is 4. The molecule has 1 rings (SSSR count). The summed E-state index contributed by atoms with van der Waals surface area (Å²) in [4.78, 5) is 23.6. The summed E-state index contributed by atoms with van der Waals surface area (Å²) < 4.78 is 24.4. The van der Waals surface area contributed by atoms with Crippen molar-refractivity contribution >= 4 is 38.5 Å². The van der Waals surface area contributed by atoms with Crippen LogP contribution in [-0.2, 0) is 0 Å². The normalized spacial score (nSPS) is 10.6. The van der Waals surface area contributed by atoms with E-state index in [9.17, 15) is 23.7 Å². The number of aromatic nitrogens is 1. The summed E-state index contributed by atoms with van der Waals surface area (Å²) in [5.41, 5.74) is -2.17. The minimum absolute atomic E-state index is 0.464. The van der Waals surface area contributed by atoms with Gasteiger partial charge in [0.2, 0.25) is 0 Å². The second-order valence-corrected chi connectivity index (χ2v) is 3.69. The van der Waals surface area contributed by atoms with E-state index < -0.39 is 38.1 Å². The Labute approximate surface area is 101 Å². The summed E-state index contributed by atoms with van der Waals surface area (Å²) >= 11 is 7.65. The zero-order valence-corrected chi connectivity index (χ0v) is 9.63. The van der Waals surface area contributed by atoms with Gasteiger partial charge in [0.15, 0.2) is 0 Å². The van der Waals surface area contributed by atoms with Crippen LogP contribution in [0.15, 0.2) is 10.5 Å². The van der Waals surface area contributed by atoms with Gasteiger partial charge in [0.05, 0.1) is 4.92 Å². The van der Waals surface area contributed by atoms with Gasteiger partial charge in [0.25, 0.3) is 17.4 Å². The fourth-order valence-electron chi connectivity index (χ4n) is 0.913. The van der Waals surface area contributed by atoms with Crippen LogP contribution >= 0.6 is 27.5 Å². The molecule has 0 atom stereocenters. The Morgan fingerprint density at radius 1 is 1.62 bits per heavy atom. The van der Waals surface area contributed by atoms with E-state index in [4.69, 9.17) is 11.6 Å². The van der Waals surface area contributed by atoms with Crippen LogP contribution in [0.25, 0.3) is 0 Å². The first kappa shape index (κ1) is 12.9. The highest BCUT2D eigenvalue weighted by molar-refractivity contribution is 9.10. The molecule has 16 heavy (non-hydrogen) atoms. The topological polar surface area (TPSA) is 73.1 Å². The molecule has 1 aromatic heterocycles. The lowest BCUT2D eigenvalue weighted by Crippen LogP contribution is -2.04. The monoisotopic (exact) mass is 314 g/mol. The van der Waals surface area contributed by atoms with Crippen molar-refractivity contribution in [2.45, 2.75) is 6.43 Å². The average Bonchev–Trinajstić information content (AvgIpc) is 2.16. The Morgan fingerprint density at radius 2 is 2.19 bits per heavy atom. The van der Waals surface area contributed by atoms with Crippen LogP contribution in [0, 0.1) is 10.1 Å². The standard InChI is InChI=1S/C7H2BrClF2N2O3/c8-4-3(13(15)16)1-2(6(9)14)12-5(4)7(10)11/h1,7H. The van der Waals surface area contributed by atoms with Crippen molar-refractivity contribution in [2.24, 2.45) is 0 Å². The first-order chi connectivity index (χ1) is 7.34. The molecule has 0 amide bonds. The van der Waals surface area contributed by atoms with Gasteiger partial charge in [-0.15, -0.1) is 0 Å². The quantitative estimate of drug-likeness (QED) is 0.488. The van der Waals surface area contributed by atoms with Crippen LogP contribution < -0.4 is 0 Å². The van der Waals surface area contributed by atoms with Gasteiger partial charge in [0, 0.05) is 6.07 Å². The Bertz CT molecular complexity index is 469. The van der Waals surface area contributed by atoms with Crippen molar-refractivity contribution in [3.05, 3.63) is 32.0 Å². The number of carbonyl (C=O) groups excluding carboxylic acids is 1. The van der Waals surface area contributed by atoms with E-state index in [-0.39, 0.29) is 0 Å². The van der Waals surface area contributed by atoms with Gasteiger partial charge < -0.3 is 0 Å². The molecule has 9 heteroatoms. The molecule has 1 aromatic rings. The minimum Gasteiger partial charge on any atom is -0.274 e. The molecule has 86 valence electrons. The van der Waals surface area contributed by atoms with Gasteiger partial charge in [-0.25, -0.2) is 13.8 Å². The van der Waals surface area contributed by atoms with Crippen LogP contribution in [0.4, 0.5) is 14.5 Å². The van der Waals surface area contributed by atoms with E-state index in [1.807, 2.05) is 0 Å². The number of alkyl halides is 2. The van der Waals surface area contributed by atoms with Crippen molar-refractivity contribution in [1.29, 1.82) is 0 Å². The maximum absolute atomic E-state index is 12.4. The van der Waals surface area contributed by atoms with Gasteiger partial charge in [-0.2, -0.15) is 0 Å². The van der Waals surface area contributed by atoms with Gasteiger partial charge >= 0.3 is 0 Å². The first-order valence-corrected chi connectivity index (χ1v) is 4.84. The SMILES string of the molecule is O=C(Cl)c1cc([N+](=O)[O-])c(Br)c(C(F)F)n1. The molecular weight excluding hydrogens is 313 g/mol. The van der Waals surface area contributed by atoms with Gasteiger partial charge in [0.1, 0.15) is 15.9 Å². The number of pyridine rings is 1. The summed E-state index contributed by atoms with van der Waals surface area (Å²) in [6.07, 6.45) is -3.05. The molecule has 5 nitrogen and oxygen atoms in total. The maximum atomic E-state index is 12.4. The Balaban J connectivity index is 3.51. The summed E-state index contributed by atoms with van der Waals surface area (Å²) in [5.74, 6) is 0. The molecule has 0 radical (unpaired) electrons. The maximum Gasteiger partial charge on any atom is 0.287 e. The summed E-state index contributed by atoms with van der Waals surface area (Å²) in [6.45, 7) is 0. The highest BCUT2D eigenvalue weighted by atomic mass is 79.9. The second kappa shape index (κ2) is 4.79. The fourth-order valence-corrected chi connectivity index (χ4v) is 1.53. The smallest absolute Gasteiger partial charge is 0.274 e. The third-order valence-electron chi connectivity index (χ3n) is 1.57. The summed E-state index contributed by atoms with van der Waals surface area (Å²) in [7, 11) is 0. The van der Waals surface area contributed by atoms with Gasteiger partial charge in [-0.1, -0.05) is 0 Å². The molecule has 0 aliphatic heterocycles. The largest absolute Gasteiger partial charge is 0.287 e. The second-order valence-electron chi connectivity index (χ2n) is 2.56. The molecule has 0 spiro atoms. The zero-order chi connectivity index (χ0) is 12.5. The molecule has 0 fully saturated rings. The summed E-state index contributed by atoms with van der Waals surface area (Å²) in [5, 5.41) is 9.38. The lowest BCUT2D eigenvalue weighted by atomic mass is 10.2. The van der Waals surface area contributed by atoms with Crippen molar-refractivity contribution in [3.8, 4) is 0 Å². The predicted octanol–water partition coefficient (Wildman–Crippen LogP) is 3.07. The van der Waals surface area contributed by atoms with Crippen molar-refractivity contribution < 1.29 is 18.5 Å². The Hall–Kier alpha value is -1.15. The molecule has 0 bridgehead atoms. The lowest BCUT2D eigenvalue weighted by Gasteiger charge is -2.04. The number of hydrogen-bond donors (Lipinski definition) is 0. The first-order valence-electron chi connectivity index (χ1n) is 3.67. The minimum atomic E-state index is -3.05. The van der Waals surface area contributed by atoms with Gasteiger partial charge in [-0.3, -0.25) is 14.9 Å². The van der Waals surface area contributed by atoms with Crippen molar-refractivity contribution in [2.75, 3.05) is 0 Å². The molecular formula is C7H2BrClF2N2O3. The highest BCUT2D eigenvalue weighted by Gasteiger charge is 2.25. The Morgan fingerprint density at radius 3 is 2.56 bits per heavy atom. The highest BCUT2D eigenvalue weighted by Crippen LogP contribution is 2.33. The van der Waals surface area contributed by atoms with Crippen LogP contribution in [0.2, 0.25) is 0 Å². The van der Waals surface area contributed by atoms with Crippen molar-refractivity contribution in [1.82, 2.24) is 4.98 Å². The molecule has 0 unspecified atom stereocenters. The molecule has 0 aliphatic carbocycles. The van der Waals surface area contributed by atoms with E-state index >= 15 is 0 Å². The fraction of sp³-hybridized carbons (Fsp3) is 0.143. The predicted molar refractivity (Wildman–Crippen MR) is 53.7 cm³/mol. The van der Waals surface area contributed by atoms with Crippen molar-refractivity contribution in [3.63, 3.8) is 0 Å². The number of carbonyl (C=O) groups is 1. The summed E-state index contributed by atoms with van der Waals surface area (Å²) in [6, 6.07) is 0.727. The molecule has 0 aromatic carbocycles.